The topological polar surface area (TPSA) is 97.1 Å². The molecule has 1 aliphatic heterocycles. The lowest BCUT2D eigenvalue weighted by molar-refractivity contribution is -0.727. The Morgan fingerprint density at radius 1 is 1.03 bits per heavy atom. The largest absolute Gasteiger partial charge is 0.404 e. The van der Waals surface area contributed by atoms with Crippen LogP contribution in [0.5, 0.6) is 0 Å². The van der Waals surface area contributed by atoms with Crippen molar-refractivity contribution < 1.29 is 18.9 Å². The molecule has 0 saturated carbocycles. The molecule has 8 heteroatoms. The van der Waals surface area contributed by atoms with Crippen LogP contribution in [0.1, 0.15) is 36.7 Å². The van der Waals surface area contributed by atoms with Crippen LogP contribution < -0.4 is 15.2 Å². The van der Waals surface area contributed by atoms with Crippen molar-refractivity contribution in [2.75, 3.05) is 10.6 Å². The van der Waals surface area contributed by atoms with Crippen LogP contribution in [0.3, 0.4) is 0 Å². The second kappa shape index (κ2) is 11.0. The Labute approximate surface area is 216 Å². The van der Waals surface area contributed by atoms with Gasteiger partial charge in [-0.3, -0.25) is 9.59 Å². The Kier molecular flexibility index (Phi) is 7.57. The smallest absolute Gasteiger partial charge is 0.316 e. The molecule has 2 N–H and O–H groups in total. The summed E-state index contributed by atoms with van der Waals surface area (Å²) in [7, 11) is 0. The van der Waals surface area contributed by atoms with E-state index in [1.165, 1.54) is 0 Å². The number of carbonyl (C=O) groups excluding carboxylic acids is 2. The minimum absolute atomic E-state index is 0.00926. The second-order valence-electron chi connectivity index (χ2n) is 9.66. The molecule has 4 aromatic rings. The SMILES string of the molecule is Cc1ccccc1Nc1nccc(-c2ccc[n+](COC(=O)C(C)(C)C)c2)n1.O=C1Nc2cccc1c2. The average molecular weight is 497 g/mol. The lowest BCUT2D eigenvalue weighted by Gasteiger charge is -2.14. The highest BCUT2D eigenvalue weighted by atomic mass is 16.5. The number of esters is 1. The number of ether oxygens (including phenoxy) is 1. The van der Waals surface area contributed by atoms with Crippen molar-refractivity contribution in [3.63, 3.8) is 0 Å². The molecule has 1 amide bonds. The van der Waals surface area contributed by atoms with Crippen molar-refractivity contribution in [2.45, 2.75) is 34.4 Å². The highest BCUT2D eigenvalue weighted by molar-refractivity contribution is 6.09. The van der Waals surface area contributed by atoms with Gasteiger partial charge in [0, 0.05) is 29.2 Å². The van der Waals surface area contributed by atoms with Crippen LogP contribution in [0.25, 0.3) is 11.3 Å². The van der Waals surface area contributed by atoms with Crippen molar-refractivity contribution in [3.05, 3.63) is 96.4 Å². The van der Waals surface area contributed by atoms with Gasteiger partial charge in [-0.15, -0.1) is 0 Å². The van der Waals surface area contributed by atoms with Gasteiger partial charge in [0.2, 0.25) is 5.95 Å². The Morgan fingerprint density at radius 3 is 2.54 bits per heavy atom. The first-order chi connectivity index (χ1) is 17.7. The molecule has 2 aromatic heterocycles. The normalized spacial score (nSPS) is 11.7. The van der Waals surface area contributed by atoms with Crippen LogP contribution in [-0.4, -0.2) is 21.8 Å². The molecule has 8 nitrogen and oxygen atoms in total. The van der Waals surface area contributed by atoms with Gasteiger partial charge in [-0.2, -0.15) is 4.57 Å². The fourth-order valence-electron chi connectivity index (χ4n) is 3.46. The van der Waals surface area contributed by atoms with Gasteiger partial charge in [0.25, 0.3) is 12.6 Å². The van der Waals surface area contributed by atoms with E-state index in [1.807, 2.05) is 105 Å². The molecular formula is C29H30N5O3+. The van der Waals surface area contributed by atoms with E-state index < -0.39 is 5.41 Å². The van der Waals surface area contributed by atoms with Gasteiger partial charge < -0.3 is 15.4 Å². The quantitative estimate of drug-likeness (QED) is 0.288. The summed E-state index contributed by atoms with van der Waals surface area (Å²) in [5, 5.41) is 5.94. The maximum atomic E-state index is 12.0. The first-order valence-electron chi connectivity index (χ1n) is 11.9. The number of benzene rings is 2. The predicted octanol–water partition coefficient (Wildman–Crippen LogP) is 5.28. The predicted molar refractivity (Wildman–Crippen MR) is 142 cm³/mol. The first-order valence-corrected chi connectivity index (χ1v) is 11.9. The van der Waals surface area contributed by atoms with Gasteiger partial charge in [0.1, 0.15) is 0 Å². The number of aryl methyl sites for hydroxylation is 1. The molecule has 188 valence electrons. The Bertz CT molecular complexity index is 1430. The molecule has 3 heterocycles. The Balaban J connectivity index is 0.000000295. The molecule has 0 unspecified atom stereocenters. The van der Waals surface area contributed by atoms with Crippen molar-refractivity contribution in [2.24, 2.45) is 5.41 Å². The number of nitrogens with zero attached hydrogens (tertiary/aromatic N) is 3. The second-order valence-corrected chi connectivity index (χ2v) is 9.66. The first kappa shape index (κ1) is 25.5. The lowest BCUT2D eigenvalue weighted by atomic mass is 9.98. The molecule has 2 aromatic carbocycles. The third kappa shape index (κ3) is 6.76. The van der Waals surface area contributed by atoms with Crippen LogP contribution in [0, 0.1) is 12.3 Å². The average Bonchev–Trinajstić information content (AvgIpc) is 3.14. The number of amides is 1. The minimum Gasteiger partial charge on any atom is -0.404 e. The molecular weight excluding hydrogens is 466 g/mol. The van der Waals surface area contributed by atoms with Crippen LogP contribution in [-0.2, 0) is 16.3 Å². The van der Waals surface area contributed by atoms with E-state index in [0.29, 0.717) is 5.95 Å². The number of carbonyl (C=O) groups is 2. The molecule has 0 aliphatic carbocycles. The van der Waals surface area contributed by atoms with Crippen LogP contribution in [0.15, 0.2) is 85.3 Å². The van der Waals surface area contributed by atoms with E-state index in [0.717, 1.165) is 33.8 Å². The fourth-order valence-corrected chi connectivity index (χ4v) is 3.46. The highest BCUT2D eigenvalue weighted by Crippen LogP contribution is 2.21. The number of hydrogen-bond donors (Lipinski definition) is 2. The van der Waals surface area contributed by atoms with E-state index >= 15 is 0 Å². The van der Waals surface area contributed by atoms with Crippen LogP contribution in [0.4, 0.5) is 17.3 Å². The lowest BCUT2D eigenvalue weighted by Crippen LogP contribution is -2.37. The van der Waals surface area contributed by atoms with E-state index in [2.05, 4.69) is 20.6 Å². The molecule has 0 radical (unpaired) electrons. The summed E-state index contributed by atoms with van der Waals surface area (Å²) >= 11 is 0. The maximum absolute atomic E-state index is 12.0. The van der Waals surface area contributed by atoms with Crippen molar-refractivity contribution in [1.29, 1.82) is 0 Å². The summed E-state index contributed by atoms with van der Waals surface area (Å²) in [5.74, 6) is 0.300. The summed E-state index contributed by atoms with van der Waals surface area (Å²) in [6.07, 6.45) is 5.48. The van der Waals surface area contributed by atoms with Gasteiger partial charge in [-0.1, -0.05) is 24.3 Å². The Morgan fingerprint density at radius 2 is 1.81 bits per heavy atom. The summed E-state index contributed by atoms with van der Waals surface area (Å²) in [6.45, 7) is 7.69. The molecule has 37 heavy (non-hydrogen) atoms. The summed E-state index contributed by atoms with van der Waals surface area (Å²) < 4.78 is 7.19. The van der Waals surface area contributed by atoms with Crippen molar-refractivity contribution in [3.8, 4) is 11.3 Å². The number of anilines is 3. The maximum Gasteiger partial charge on any atom is 0.316 e. The van der Waals surface area contributed by atoms with E-state index in [4.69, 9.17) is 4.74 Å². The number of rotatable bonds is 5. The van der Waals surface area contributed by atoms with Crippen molar-refractivity contribution in [1.82, 2.24) is 9.97 Å². The number of nitrogens with one attached hydrogen (secondary N) is 2. The van der Waals surface area contributed by atoms with Gasteiger partial charge in [0.15, 0.2) is 12.4 Å². The molecule has 0 atom stereocenters. The van der Waals surface area contributed by atoms with Gasteiger partial charge in [-0.25, -0.2) is 9.97 Å². The number of hydrogen-bond acceptors (Lipinski definition) is 6. The number of fused-ring (bicyclic) bond motifs is 2. The minimum atomic E-state index is -0.527. The van der Waals surface area contributed by atoms with Crippen LogP contribution in [0.2, 0.25) is 0 Å². The standard InChI is InChI=1S/C22H25N4O2.C7H5NO/c1-16-8-5-6-10-18(16)24-21-23-12-11-19(25-21)17-9-7-13-26(14-17)15-28-20(27)22(2,3)4;9-7-5-2-1-3-6(4-5)8-7/h5-14H,15H2,1-4H3,(H,23,24,25);1-4H,(H,8,9)/q+1;. The summed E-state index contributed by atoms with van der Waals surface area (Å²) in [5.41, 5.74) is 4.91. The monoisotopic (exact) mass is 496 g/mol. The van der Waals surface area contributed by atoms with Crippen molar-refractivity contribution >= 4 is 29.2 Å². The molecule has 0 spiro atoms. The zero-order valence-electron chi connectivity index (χ0n) is 21.4. The zero-order chi connectivity index (χ0) is 26.4. The molecule has 0 saturated heterocycles. The number of pyridine rings is 1. The fraction of sp³-hybridized carbons (Fsp3) is 0.207. The van der Waals surface area contributed by atoms with Gasteiger partial charge in [-0.05, 0) is 69.7 Å². The number of aromatic nitrogens is 3. The molecule has 0 fully saturated rings. The molecule has 5 rings (SSSR count). The van der Waals surface area contributed by atoms with Gasteiger partial charge in [0.05, 0.1) is 16.7 Å². The van der Waals surface area contributed by atoms with E-state index in [-0.39, 0.29) is 18.6 Å². The van der Waals surface area contributed by atoms with E-state index in [1.54, 1.807) is 12.3 Å². The zero-order valence-corrected chi connectivity index (χ0v) is 21.4. The summed E-state index contributed by atoms with van der Waals surface area (Å²) in [6, 6.07) is 21.1. The Hall–Kier alpha value is -4.59. The van der Waals surface area contributed by atoms with Gasteiger partial charge >= 0.3 is 5.97 Å². The number of para-hydroxylation sites is 1. The molecule has 2 bridgehead atoms. The third-order valence-corrected chi connectivity index (χ3v) is 5.54. The summed E-state index contributed by atoms with van der Waals surface area (Å²) in [4.78, 5) is 31.7. The van der Waals surface area contributed by atoms with Crippen LogP contribution >= 0.6 is 0 Å². The highest BCUT2D eigenvalue weighted by Gasteiger charge is 2.24. The third-order valence-electron chi connectivity index (χ3n) is 5.54. The molecule has 1 aliphatic rings. The van der Waals surface area contributed by atoms with E-state index in [9.17, 15) is 9.59 Å².